The number of rotatable bonds is 10. The van der Waals surface area contributed by atoms with Crippen LogP contribution in [0.3, 0.4) is 0 Å². The normalized spacial score (nSPS) is 19.8. The average molecular weight is 1540 g/mol. The van der Waals surface area contributed by atoms with Gasteiger partial charge in [-0.1, -0.05) is 146 Å². The van der Waals surface area contributed by atoms with Gasteiger partial charge in [0.05, 0.1) is 61.5 Å². The molecule has 116 heavy (non-hydrogen) atoms. The van der Waals surface area contributed by atoms with Crippen LogP contribution in [0.4, 0.5) is 34.1 Å². The Labute approximate surface area is 681 Å². The van der Waals surface area contributed by atoms with Crippen molar-refractivity contribution in [1.82, 2.24) is 29.4 Å². The molecule has 8 N–H and O–H groups in total. The van der Waals surface area contributed by atoms with Crippen LogP contribution in [0.5, 0.6) is 0 Å². The van der Waals surface area contributed by atoms with Gasteiger partial charge in [0.1, 0.15) is 0 Å². The molecule has 0 aliphatic carbocycles. The fraction of sp³-hybridized carbons (Fsp3) is 0.312. The minimum atomic E-state index is -0.429. The number of nitrogens with two attached hydrogens (primary N) is 2. The lowest BCUT2D eigenvalue weighted by atomic mass is 9.99. The van der Waals surface area contributed by atoms with Crippen LogP contribution in [0.2, 0.25) is 0 Å². The topological polar surface area (TPSA) is 285 Å². The van der Waals surface area contributed by atoms with Crippen LogP contribution in [-0.4, -0.2) is 133 Å². The van der Waals surface area contributed by atoms with Crippen LogP contribution in [0.15, 0.2) is 218 Å². The van der Waals surface area contributed by atoms with Crippen LogP contribution in [-0.2, 0) is 0 Å². The molecule has 0 bridgehead atoms. The summed E-state index contributed by atoms with van der Waals surface area (Å²) in [4.78, 5) is 15.1. The molecule has 18 rings (SSSR count). The highest BCUT2D eigenvalue weighted by Gasteiger charge is 2.34. The van der Waals surface area contributed by atoms with Crippen molar-refractivity contribution in [3.05, 3.63) is 252 Å². The Morgan fingerprint density at radius 3 is 0.853 bits per heavy atom. The van der Waals surface area contributed by atoms with Crippen LogP contribution in [0.1, 0.15) is 134 Å². The largest absolute Gasteiger partial charge is 0.398 e. The Bertz CT molecular complexity index is 5420. The molecule has 8 atom stereocenters. The summed E-state index contributed by atoms with van der Waals surface area (Å²) in [5.41, 5.74) is 25.3. The highest BCUT2D eigenvalue weighted by Crippen LogP contribution is 2.41. The Morgan fingerprint density at radius 2 is 0.569 bits per heavy atom. The first-order chi connectivity index (χ1) is 56.4. The number of hydrogen-bond acceptors (Lipinski definition) is 20. The summed E-state index contributed by atoms with van der Waals surface area (Å²) in [6.07, 6.45) is 22.6. The number of aliphatic hydroxyl groups excluding tert-OH is 2. The smallest absolute Gasteiger partial charge is 0.179 e. The molecule has 0 radical (unpaired) electrons. The van der Waals surface area contributed by atoms with Crippen LogP contribution >= 0.6 is 0 Å². The number of aliphatic hydroxyl groups is 2. The van der Waals surface area contributed by atoms with Crippen molar-refractivity contribution in [3.63, 3.8) is 0 Å². The van der Waals surface area contributed by atoms with Crippen molar-refractivity contribution in [3.8, 4) is 37.2 Å². The molecule has 12 aromatic rings. The molecular weight excluding hydrogens is 1440 g/mol. The number of nitrogens with one attached hydrogen (secondary N) is 2. The van der Waals surface area contributed by atoms with Gasteiger partial charge in [0, 0.05) is 148 Å². The summed E-state index contributed by atoms with van der Waals surface area (Å²) < 4.78 is 0. The first-order valence-electron chi connectivity index (χ1n) is 40.2. The van der Waals surface area contributed by atoms with Gasteiger partial charge in [0.25, 0.3) is 0 Å². The predicted octanol–water partition coefficient (Wildman–Crippen LogP) is 18.1. The molecule has 0 aromatic heterocycles. The van der Waals surface area contributed by atoms with Gasteiger partial charge in [0.15, 0.2) is 37.2 Å². The number of fused-ring (bicyclic) bond motifs is 6. The minimum absolute atomic E-state index is 0.0363. The SMILES string of the molecule is CN(C)c1cccc2cc([C@@H]3CCCN3C#N)ccc12.CN(C)c1cccc2cc([C@H]3CCCN3C#N)ccc12.CNc1cccc2cc([C@@H]3CCCN3C#N)ccc12.CNc1cccc2cc([C@H]3CCCN3C#N)ccc12.N#CN1C[C@@H](O)C[C@@H]1c1ccc2c(N)cccc2c1.N#CN1C[C@@H](O)C[C@H]1c1ccc2c(N)cccc2c1. The number of nitrogens with zero attached hydrogens (tertiary/aromatic N) is 14. The fourth-order valence-electron chi connectivity index (χ4n) is 17.7. The van der Waals surface area contributed by atoms with Gasteiger partial charge in [-0.3, -0.25) is 0 Å². The highest BCUT2D eigenvalue weighted by molar-refractivity contribution is 5.98. The van der Waals surface area contributed by atoms with E-state index >= 15 is 0 Å². The van der Waals surface area contributed by atoms with E-state index in [0.29, 0.717) is 25.9 Å². The Balaban J connectivity index is 0.000000121. The number of anilines is 6. The quantitative estimate of drug-likeness (QED) is 0.0548. The van der Waals surface area contributed by atoms with E-state index < -0.39 is 12.2 Å². The molecule has 12 aromatic carbocycles. The van der Waals surface area contributed by atoms with Gasteiger partial charge in [0.2, 0.25) is 0 Å². The maximum absolute atomic E-state index is 9.71. The third kappa shape index (κ3) is 17.9. The van der Waals surface area contributed by atoms with Crippen molar-refractivity contribution >= 4 is 98.8 Å². The van der Waals surface area contributed by atoms with Crippen molar-refractivity contribution in [2.45, 2.75) is 113 Å². The fourth-order valence-corrected chi connectivity index (χ4v) is 17.7. The summed E-state index contributed by atoms with van der Waals surface area (Å²) in [5.74, 6) is 0. The lowest BCUT2D eigenvalue weighted by Crippen LogP contribution is -2.18. The molecular formula is C96H102N18O2. The molecule has 20 heteroatoms. The molecule has 6 aliphatic rings. The van der Waals surface area contributed by atoms with Crippen molar-refractivity contribution < 1.29 is 10.2 Å². The zero-order chi connectivity index (χ0) is 81.5. The number of likely N-dealkylation sites (tertiary alicyclic amines) is 6. The maximum atomic E-state index is 9.71. The zero-order valence-corrected chi connectivity index (χ0v) is 67.0. The van der Waals surface area contributed by atoms with Crippen molar-refractivity contribution in [1.29, 1.82) is 31.6 Å². The number of nitriles is 6. The molecule has 6 heterocycles. The van der Waals surface area contributed by atoms with Gasteiger partial charge in [-0.05, 0) is 190 Å². The average Bonchev–Trinajstić information content (AvgIpc) is 1.17. The molecule has 0 unspecified atom stereocenters. The van der Waals surface area contributed by atoms with Crippen LogP contribution in [0.25, 0.3) is 64.6 Å². The van der Waals surface area contributed by atoms with E-state index in [1.165, 1.54) is 76.7 Å². The zero-order valence-electron chi connectivity index (χ0n) is 67.0. The standard InChI is InChI=1S/2C17H19N3.2C16H17N3.2C15H15N3O/c2*1-19(2)17-6-3-5-13-11-14(8-9-15(13)17)16-7-4-10-20(16)12-18;2*1-18-15-5-2-4-12-10-13(7-8-14(12)15)16-6-3-9-19(16)11-17;2*16-9-18-8-12(19)7-15(18)11-4-5-13-10(6-11)2-1-3-14(13)17/h2*3,5-6,8-9,11,16H,4,7,10H2,1-2H3;2*2,4-5,7-8,10,16,18H,3,6,9H2,1H3;2*1-6,12,15,19H,7-8,17H2/t4*16-;12-,15+;12-,15-/m101000/s1. The Morgan fingerprint density at radius 1 is 0.319 bits per heavy atom. The van der Waals surface area contributed by atoms with E-state index in [2.05, 4.69) is 244 Å². The second-order valence-electron chi connectivity index (χ2n) is 31.2. The van der Waals surface area contributed by atoms with Crippen LogP contribution in [0, 0.1) is 68.7 Å². The summed E-state index contributed by atoms with van der Waals surface area (Å²) in [5, 5.41) is 94.9. The summed E-state index contributed by atoms with van der Waals surface area (Å²) in [6, 6.07) is 76.2. The summed E-state index contributed by atoms with van der Waals surface area (Å²) in [6.45, 7) is 4.37. The monoisotopic (exact) mass is 1540 g/mol. The number of hydrogen-bond donors (Lipinski definition) is 6. The van der Waals surface area contributed by atoms with Gasteiger partial charge in [-0.25, -0.2) is 0 Å². The summed E-state index contributed by atoms with van der Waals surface area (Å²) in [7, 11) is 12.1. The number of β-amino-alcohol motifs (C(OH)–C–C–N with tert-alkyl or cyclic N) is 2. The molecule has 6 saturated heterocycles. The number of benzene rings is 12. The lowest BCUT2D eigenvalue weighted by Gasteiger charge is -2.20. The van der Waals surface area contributed by atoms with Gasteiger partial charge in [-0.15, -0.1) is 0 Å². The first-order valence-corrected chi connectivity index (χ1v) is 40.2. The third-order valence-electron chi connectivity index (χ3n) is 23.6. The van der Waals surface area contributed by atoms with Crippen molar-refractivity contribution in [2.75, 3.05) is 113 Å². The molecule has 0 saturated carbocycles. The summed E-state index contributed by atoms with van der Waals surface area (Å²) >= 11 is 0. The molecule has 0 amide bonds. The van der Waals surface area contributed by atoms with E-state index in [9.17, 15) is 20.7 Å². The second kappa shape index (κ2) is 37.1. The number of nitrogen functional groups attached to an aromatic ring is 2. The lowest BCUT2D eigenvalue weighted by molar-refractivity contribution is 0.186. The van der Waals surface area contributed by atoms with Gasteiger partial charge < -0.3 is 71.5 Å². The molecule has 6 aliphatic heterocycles. The van der Waals surface area contributed by atoms with E-state index in [-0.39, 0.29) is 36.3 Å². The molecule has 0 spiro atoms. The van der Waals surface area contributed by atoms with Crippen LogP contribution < -0.4 is 31.9 Å². The van der Waals surface area contributed by atoms with Gasteiger partial charge in [-0.2, -0.15) is 31.6 Å². The first kappa shape index (κ1) is 80.7. The Hall–Kier alpha value is -13.3. The maximum Gasteiger partial charge on any atom is 0.179 e. The third-order valence-corrected chi connectivity index (χ3v) is 23.6. The molecule has 588 valence electrons. The second-order valence-corrected chi connectivity index (χ2v) is 31.2. The van der Waals surface area contributed by atoms with E-state index in [1.807, 2.05) is 94.4 Å². The predicted molar refractivity (Wildman–Crippen MR) is 469 cm³/mol. The van der Waals surface area contributed by atoms with Gasteiger partial charge >= 0.3 is 0 Å². The minimum Gasteiger partial charge on any atom is -0.398 e. The van der Waals surface area contributed by atoms with E-state index in [1.54, 1.807) is 9.80 Å². The molecule has 6 fully saturated rings. The van der Waals surface area contributed by atoms with E-state index in [0.717, 1.165) is 133 Å². The molecule has 20 nitrogen and oxygen atoms in total. The highest BCUT2D eigenvalue weighted by atomic mass is 16.3. The van der Waals surface area contributed by atoms with E-state index in [4.69, 9.17) is 32.5 Å². The Kier molecular flexibility index (Phi) is 25.8. The van der Waals surface area contributed by atoms with Crippen molar-refractivity contribution in [2.24, 2.45) is 0 Å².